The van der Waals surface area contributed by atoms with E-state index in [1.165, 1.54) is 5.56 Å². The van der Waals surface area contributed by atoms with Crippen LogP contribution in [0.4, 0.5) is 11.6 Å². The molecule has 4 aromatic rings. The van der Waals surface area contributed by atoms with Gasteiger partial charge in [-0.3, -0.25) is 5.10 Å². The molecule has 4 heteroatoms. The van der Waals surface area contributed by atoms with Crippen LogP contribution >= 0.6 is 0 Å². The molecule has 0 aliphatic heterocycles. The van der Waals surface area contributed by atoms with Gasteiger partial charge in [0.2, 0.25) is 0 Å². The van der Waals surface area contributed by atoms with Crippen molar-refractivity contribution in [2.75, 3.05) is 5.32 Å². The zero-order valence-electron chi connectivity index (χ0n) is 12.7. The van der Waals surface area contributed by atoms with Gasteiger partial charge in [-0.15, -0.1) is 0 Å². The van der Waals surface area contributed by atoms with Crippen molar-refractivity contribution in [1.82, 2.24) is 15.2 Å². The van der Waals surface area contributed by atoms with E-state index in [-0.39, 0.29) is 0 Å². The van der Waals surface area contributed by atoms with Crippen molar-refractivity contribution in [2.45, 2.75) is 6.92 Å². The molecule has 0 aliphatic rings. The van der Waals surface area contributed by atoms with Gasteiger partial charge < -0.3 is 5.32 Å². The molecular weight excluding hydrogens is 284 g/mol. The van der Waals surface area contributed by atoms with Gasteiger partial charge in [0.05, 0.1) is 5.69 Å². The summed E-state index contributed by atoms with van der Waals surface area (Å²) in [6.07, 6.45) is 1.78. The van der Waals surface area contributed by atoms with E-state index in [0.717, 1.165) is 33.7 Å². The molecule has 0 fully saturated rings. The first-order valence-electron chi connectivity index (χ1n) is 7.53. The van der Waals surface area contributed by atoms with Crippen LogP contribution < -0.4 is 5.32 Å². The number of benzene rings is 2. The van der Waals surface area contributed by atoms with Crippen LogP contribution in [-0.2, 0) is 0 Å². The van der Waals surface area contributed by atoms with Gasteiger partial charge in [0.15, 0.2) is 5.82 Å². The number of H-pyrrole nitrogens is 1. The third kappa shape index (κ3) is 2.66. The summed E-state index contributed by atoms with van der Waals surface area (Å²) in [5.74, 6) is 1.54. The van der Waals surface area contributed by atoms with Crippen molar-refractivity contribution in [3.63, 3.8) is 0 Å². The Morgan fingerprint density at radius 2 is 1.74 bits per heavy atom. The molecule has 2 aromatic carbocycles. The molecule has 4 nitrogen and oxygen atoms in total. The number of rotatable bonds is 3. The zero-order valence-corrected chi connectivity index (χ0v) is 12.7. The zero-order chi connectivity index (χ0) is 15.6. The van der Waals surface area contributed by atoms with Crippen molar-refractivity contribution in [3.05, 3.63) is 72.4 Å². The van der Waals surface area contributed by atoms with Crippen LogP contribution in [0.3, 0.4) is 0 Å². The number of pyridine rings is 1. The topological polar surface area (TPSA) is 53.6 Å². The van der Waals surface area contributed by atoms with Crippen LogP contribution in [-0.4, -0.2) is 15.2 Å². The van der Waals surface area contributed by atoms with Crippen LogP contribution in [0.25, 0.3) is 22.0 Å². The number of fused-ring (bicyclic) bond motifs is 1. The number of hydrogen-bond acceptors (Lipinski definition) is 3. The molecular formula is C19H16N4. The number of aromatic nitrogens is 3. The number of anilines is 2. The van der Waals surface area contributed by atoms with Crippen molar-refractivity contribution in [2.24, 2.45) is 0 Å². The standard InChI is InChI=1S/C19H16N4/c1-13-6-8-14(9-7-13)19-16-5-3-2-4-15(16)12-18(22-19)21-17-10-11-20-23-17/h2-12H,1H3,(H2,20,21,22,23). The van der Waals surface area contributed by atoms with Crippen molar-refractivity contribution in [1.29, 1.82) is 0 Å². The van der Waals surface area contributed by atoms with E-state index >= 15 is 0 Å². The predicted molar refractivity (Wildman–Crippen MR) is 93.8 cm³/mol. The normalized spacial score (nSPS) is 10.8. The first-order valence-corrected chi connectivity index (χ1v) is 7.53. The van der Waals surface area contributed by atoms with E-state index in [2.05, 4.69) is 58.8 Å². The average Bonchev–Trinajstić information content (AvgIpc) is 3.08. The van der Waals surface area contributed by atoms with E-state index in [1.54, 1.807) is 6.20 Å². The Hall–Kier alpha value is -3.14. The minimum atomic E-state index is 0.752. The Morgan fingerprint density at radius 3 is 2.52 bits per heavy atom. The minimum absolute atomic E-state index is 0.752. The van der Waals surface area contributed by atoms with Crippen molar-refractivity contribution >= 4 is 22.4 Å². The highest BCUT2D eigenvalue weighted by atomic mass is 15.2. The summed E-state index contributed by atoms with van der Waals surface area (Å²) in [6.45, 7) is 2.09. The molecule has 23 heavy (non-hydrogen) atoms. The molecule has 4 rings (SSSR count). The first kappa shape index (κ1) is 13.5. The Kier molecular flexibility index (Phi) is 3.27. The molecule has 2 heterocycles. The second kappa shape index (κ2) is 5.57. The smallest absolute Gasteiger partial charge is 0.153 e. The number of aromatic amines is 1. The Bertz CT molecular complexity index is 941. The summed E-state index contributed by atoms with van der Waals surface area (Å²) in [4.78, 5) is 4.81. The molecule has 0 spiro atoms. The molecule has 2 aromatic heterocycles. The highest BCUT2D eigenvalue weighted by molar-refractivity contribution is 5.96. The van der Waals surface area contributed by atoms with Crippen LogP contribution in [0.5, 0.6) is 0 Å². The van der Waals surface area contributed by atoms with Gasteiger partial charge >= 0.3 is 0 Å². The monoisotopic (exact) mass is 300 g/mol. The van der Waals surface area contributed by atoms with Gasteiger partial charge in [-0.2, -0.15) is 5.10 Å². The molecule has 112 valence electrons. The van der Waals surface area contributed by atoms with Crippen molar-refractivity contribution < 1.29 is 0 Å². The summed E-state index contributed by atoms with van der Waals surface area (Å²) < 4.78 is 0. The summed E-state index contributed by atoms with van der Waals surface area (Å²) in [5, 5.41) is 12.5. The highest BCUT2D eigenvalue weighted by Crippen LogP contribution is 2.30. The Balaban J connectivity index is 1.88. The molecule has 0 bridgehead atoms. The second-order valence-electron chi connectivity index (χ2n) is 5.53. The van der Waals surface area contributed by atoms with Gasteiger partial charge in [0, 0.05) is 23.2 Å². The van der Waals surface area contributed by atoms with Crippen LogP contribution in [0.15, 0.2) is 66.9 Å². The number of nitrogens with one attached hydrogen (secondary N) is 2. The largest absolute Gasteiger partial charge is 0.323 e. The maximum atomic E-state index is 4.81. The molecule has 0 saturated heterocycles. The SMILES string of the molecule is Cc1ccc(-c2nc(Nc3cc[nH]n3)cc3ccccc23)cc1. The third-order valence-electron chi connectivity index (χ3n) is 3.82. The van der Waals surface area contributed by atoms with Crippen molar-refractivity contribution in [3.8, 4) is 11.3 Å². The minimum Gasteiger partial charge on any atom is -0.323 e. The van der Waals surface area contributed by atoms with Gasteiger partial charge in [-0.05, 0) is 18.4 Å². The van der Waals surface area contributed by atoms with Gasteiger partial charge in [0.25, 0.3) is 0 Å². The number of nitrogens with zero attached hydrogens (tertiary/aromatic N) is 2. The van der Waals surface area contributed by atoms with E-state index in [0.29, 0.717) is 0 Å². The lowest BCUT2D eigenvalue weighted by molar-refractivity contribution is 1.09. The Morgan fingerprint density at radius 1 is 0.913 bits per heavy atom. The molecule has 2 N–H and O–H groups in total. The van der Waals surface area contributed by atoms with Gasteiger partial charge in [0.1, 0.15) is 5.82 Å². The maximum Gasteiger partial charge on any atom is 0.153 e. The van der Waals surface area contributed by atoms with Crippen LogP contribution in [0.2, 0.25) is 0 Å². The summed E-state index contributed by atoms with van der Waals surface area (Å²) in [7, 11) is 0. The summed E-state index contributed by atoms with van der Waals surface area (Å²) in [6, 6.07) is 20.7. The Labute approximate surface area is 134 Å². The fraction of sp³-hybridized carbons (Fsp3) is 0.0526. The number of hydrogen-bond donors (Lipinski definition) is 2. The molecule has 0 aliphatic carbocycles. The maximum absolute atomic E-state index is 4.81. The van der Waals surface area contributed by atoms with E-state index < -0.39 is 0 Å². The quantitative estimate of drug-likeness (QED) is 0.577. The van der Waals surface area contributed by atoms with E-state index in [4.69, 9.17) is 4.98 Å². The summed E-state index contributed by atoms with van der Waals surface area (Å²) >= 11 is 0. The highest BCUT2D eigenvalue weighted by Gasteiger charge is 2.09. The third-order valence-corrected chi connectivity index (χ3v) is 3.82. The lowest BCUT2D eigenvalue weighted by Gasteiger charge is -2.10. The molecule has 0 amide bonds. The molecule has 0 radical (unpaired) electrons. The fourth-order valence-electron chi connectivity index (χ4n) is 2.66. The molecule has 0 unspecified atom stereocenters. The lowest BCUT2D eigenvalue weighted by Crippen LogP contribution is -1.96. The van der Waals surface area contributed by atoms with Gasteiger partial charge in [-0.1, -0.05) is 54.1 Å². The first-order chi connectivity index (χ1) is 11.3. The van der Waals surface area contributed by atoms with E-state index in [1.807, 2.05) is 24.3 Å². The molecule has 0 saturated carbocycles. The van der Waals surface area contributed by atoms with E-state index in [9.17, 15) is 0 Å². The summed E-state index contributed by atoms with van der Waals surface area (Å²) in [5.41, 5.74) is 3.32. The average molecular weight is 300 g/mol. The number of aryl methyl sites for hydroxylation is 1. The van der Waals surface area contributed by atoms with Gasteiger partial charge in [-0.25, -0.2) is 4.98 Å². The van der Waals surface area contributed by atoms with Crippen LogP contribution in [0, 0.1) is 6.92 Å². The van der Waals surface area contributed by atoms with Crippen LogP contribution in [0.1, 0.15) is 5.56 Å². The molecule has 0 atom stereocenters. The second-order valence-corrected chi connectivity index (χ2v) is 5.53. The fourth-order valence-corrected chi connectivity index (χ4v) is 2.66. The lowest BCUT2D eigenvalue weighted by atomic mass is 10.0. The predicted octanol–water partition coefficient (Wildman–Crippen LogP) is 4.68.